The van der Waals surface area contributed by atoms with Crippen LogP contribution in [0.15, 0.2) is 0 Å². The van der Waals surface area contributed by atoms with Crippen molar-refractivity contribution in [1.29, 1.82) is 0 Å². The topological polar surface area (TPSA) is 44.4 Å². The van der Waals surface area contributed by atoms with Gasteiger partial charge in [-0.2, -0.15) is 0 Å². The first-order chi connectivity index (χ1) is 8.87. The van der Waals surface area contributed by atoms with E-state index < -0.39 is 0 Å². The fourth-order valence-electron chi connectivity index (χ4n) is 3.21. The molecule has 3 unspecified atom stereocenters. The maximum absolute atomic E-state index is 11.7. The number of amides is 1. The molecule has 0 aromatic heterocycles. The van der Waals surface area contributed by atoms with Crippen molar-refractivity contribution in [3.63, 3.8) is 0 Å². The molecule has 2 aliphatic heterocycles. The molecular formula is C15H29N3O. The highest BCUT2D eigenvalue weighted by atomic mass is 16.2. The zero-order valence-corrected chi connectivity index (χ0v) is 12.8. The minimum absolute atomic E-state index is 0.184. The molecule has 0 aromatic rings. The summed E-state index contributed by atoms with van der Waals surface area (Å²) in [5, 5.41) is 6.60. The first kappa shape index (κ1) is 14.8. The molecule has 0 aromatic carbocycles. The van der Waals surface area contributed by atoms with Crippen molar-refractivity contribution in [3.05, 3.63) is 0 Å². The molecule has 2 rings (SSSR count). The number of hydrogen-bond acceptors (Lipinski definition) is 3. The van der Waals surface area contributed by atoms with Crippen LogP contribution in [-0.4, -0.2) is 48.6 Å². The number of piperidine rings is 1. The number of nitrogens with one attached hydrogen (secondary N) is 2. The van der Waals surface area contributed by atoms with Crippen molar-refractivity contribution in [2.45, 2.75) is 52.1 Å². The van der Waals surface area contributed by atoms with E-state index in [0.717, 1.165) is 39.0 Å². The number of nitrogens with zero attached hydrogens (tertiary/aromatic N) is 1. The van der Waals surface area contributed by atoms with Crippen LogP contribution in [0.25, 0.3) is 0 Å². The van der Waals surface area contributed by atoms with Crippen LogP contribution < -0.4 is 10.6 Å². The van der Waals surface area contributed by atoms with Crippen LogP contribution in [0.2, 0.25) is 0 Å². The van der Waals surface area contributed by atoms with Crippen LogP contribution in [0.3, 0.4) is 0 Å². The first-order valence-electron chi connectivity index (χ1n) is 7.63. The fraction of sp³-hybridized carbons (Fsp3) is 0.933. The minimum atomic E-state index is 0.184. The average molecular weight is 267 g/mol. The minimum Gasteiger partial charge on any atom is -0.354 e. The fourth-order valence-corrected chi connectivity index (χ4v) is 3.21. The van der Waals surface area contributed by atoms with Crippen molar-refractivity contribution < 1.29 is 4.79 Å². The SMILES string of the molecule is CC(CNC(C)(C)C)CN1CCCC2C(=O)NCC21. The molecule has 1 amide bonds. The summed E-state index contributed by atoms with van der Waals surface area (Å²) in [4.78, 5) is 14.3. The van der Waals surface area contributed by atoms with Gasteiger partial charge in [0.15, 0.2) is 0 Å². The second kappa shape index (κ2) is 5.80. The summed E-state index contributed by atoms with van der Waals surface area (Å²) in [5.74, 6) is 1.14. The molecule has 110 valence electrons. The average Bonchev–Trinajstić information content (AvgIpc) is 2.69. The summed E-state index contributed by atoms with van der Waals surface area (Å²) in [6.45, 7) is 13.0. The molecule has 3 atom stereocenters. The van der Waals surface area contributed by atoms with Gasteiger partial charge in [-0.25, -0.2) is 0 Å². The first-order valence-corrected chi connectivity index (χ1v) is 7.63. The van der Waals surface area contributed by atoms with Gasteiger partial charge in [0.1, 0.15) is 0 Å². The Morgan fingerprint density at radius 3 is 2.89 bits per heavy atom. The second-order valence-corrected chi connectivity index (χ2v) is 7.29. The molecule has 19 heavy (non-hydrogen) atoms. The standard InChI is InChI=1S/C15H29N3O/c1-11(8-17-15(2,3)4)10-18-7-5-6-12-13(18)9-16-14(12)19/h11-13,17H,5-10H2,1-4H3,(H,16,19). The summed E-state index contributed by atoms with van der Waals surface area (Å²) in [6, 6.07) is 0.443. The Labute approximate surface area is 117 Å². The van der Waals surface area contributed by atoms with Crippen molar-refractivity contribution in [1.82, 2.24) is 15.5 Å². The van der Waals surface area contributed by atoms with E-state index in [0.29, 0.717) is 12.0 Å². The van der Waals surface area contributed by atoms with Crippen LogP contribution in [0.4, 0.5) is 0 Å². The van der Waals surface area contributed by atoms with E-state index in [-0.39, 0.29) is 17.4 Å². The smallest absolute Gasteiger partial charge is 0.224 e. The van der Waals surface area contributed by atoms with Gasteiger partial charge in [0.2, 0.25) is 5.91 Å². The summed E-state index contributed by atoms with van der Waals surface area (Å²) < 4.78 is 0. The molecule has 0 saturated carbocycles. The lowest BCUT2D eigenvalue weighted by molar-refractivity contribution is -0.124. The third-order valence-corrected chi connectivity index (χ3v) is 4.24. The molecule has 2 fully saturated rings. The largest absolute Gasteiger partial charge is 0.354 e. The third kappa shape index (κ3) is 3.93. The van der Waals surface area contributed by atoms with Gasteiger partial charge in [0, 0.05) is 24.7 Å². The number of carbonyl (C=O) groups excluding carboxylic acids is 1. The van der Waals surface area contributed by atoms with Crippen LogP contribution in [-0.2, 0) is 4.79 Å². The molecule has 2 aliphatic rings. The Morgan fingerprint density at radius 1 is 1.47 bits per heavy atom. The predicted molar refractivity (Wildman–Crippen MR) is 78.0 cm³/mol. The van der Waals surface area contributed by atoms with Gasteiger partial charge in [0.25, 0.3) is 0 Å². The van der Waals surface area contributed by atoms with Crippen molar-refractivity contribution in [2.24, 2.45) is 11.8 Å². The lowest BCUT2D eigenvalue weighted by Gasteiger charge is -2.37. The van der Waals surface area contributed by atoms with E-state index in [1.165, 1.54) is 0 Å². The third-order valence-electron chi connectivity index (χ3n) is 4.24. The highest BCUT2D eigenvalue weighted by Crippen LogP contribution is 2.27. The molecule has 0 bridgehead atoms. The Balaban J connectivity index is 1.83. The quantitative estimate of drug-likeness (QED) is 0.805. The lowest BCUT2D eigenvalue weighted by Crippen LogP contribution is -2.49. The molecule has 2 saturated heterocycles. The molecular weight excluding hydrogens is 238 g/mol. The van der Waals surface area contributed by atoms with Gasteiger partial charge in [-0.05, 0) is 52.6 Å². The Hall–Kier alpha value is -0.610. The Kier molecular flexibility index (Phi) is 4.51. The number of hydrogen-bond donors (Lipinski definition) is 2. The van der Waals surface area contributed by atoms with Gasteiger partial charge in [-0.1, -0.05) is 6.92 Å². The van der Waals surface area contributed by atoms with Crippen molar-refractivity contribution in [3.8, 4) is 0 Å². The van der Waals surface area contributed by atoms with Crippen molar-refractivity contribution >= 4 is 5.91 Å². The van der Waals surface area contributed by atoms with E-state index in [9.17, 15) is 4.79 Å². The van der Waals surface area contributed by atoms with Gasteiger partial charge in [0.05, 0.1) is 5.92 Å². The molecule has 2 heterocycles. The molecule has 0 radical (unpaired) electrons. The number of fused-ring (bicyclic) bond motifs is 1. The van der Waals surface area contributed by atoms with Gasteiger partial charge >= 0.3 is 0 Å². The van der Waals surface area contributed by atoms with E-state index >= 15 is 0 Å². The van der Waals surface area contributed by atoms with Gasteiger partial charge in [-0.15, -0.1) is 0 Å². The molecule has 0 spiro atoms. The molecule has 4 heteroatoms. The number of likely N-dealkylation sites (tertiary alicyclic amines) is 1. The van der Waals surface area contributed by atoms with E-state index in [1.54, 1.807) is 0 Å². The zero-order chi connectivity index (χ0) is 14.0. The monoisotopic (exact) mass is 267 g/mol. The Bertz CT molecular complexity index is 324. The predicted octanol–water partition coefficient (Wildman–Crippen LogP) is 1.22. The molecule has 4 nitrogen and oxygen atoms in total. The summed E-state index contributed by atoms with van der Waals surface area (Å²) in [6.07, 6.45) is 2.23. The molecule has 0 aliphatic carbocycles. The van der Waals surface area contributed by atoms with Gasteiger partial charge < -0.3 is 10.6 Å². The summed E-state index contributed by atoms with van der Waals surface area (Å²) in [7, 11) is 0. The van der Waals surface area contributed by atoms with Crippen LogP contribution >= 0.6 is 0 Å². The number of carbonyl (C=O) groups is 1. The van der Waals surface area contributed by atoms with E-state index in [4.69, 9.17) is 0 Å². The normalized spacial score (nSPS) is 30.0. The van der Waals surface area contributed by atoms with E-state index in [1.807, 2.05) is 0 Å². The second-order valence-electron chi connectivity index (χ2n) is 7.29. The highest BCUT2D eigenvalue weighted by Gasteiger charge is 2.40. The van der Waals surface area contributed by atoms with Crippen LogP contribution in [0, 0.1) is 11.8 Å². The highest BCUT2D eigenvalue weighted by molar-refractivity contribution is 5.82. The zero-order valence-electron chi connectivity index (χ0n) is 12.8. The maximum Gasteiger partial charge on any atom is 0.224 e. The summed E-state index contributed by atoms with van der Waals surface area (Å²) in [5.41, 5.74) is 0.184. The molecule has 2 N–H and O–H groups in total. The van der Waals surface area contributed by atoms with E-state index in [2.05, 4.69) is 43.2 Å². The van der Waals surface area contributed by atoms with Crippen LogP contribution in [0.1, 0.15) is 40.5 Å². The lowest BCUT2D eigenvalue weighted by atomic mass is 9.90. The van der Waals surface area contributed by atoms with Gasteiger partial charge in [-0.3, -0.25) is 9.69 Å². The van der Waals surface area contributed by atoms with Crippen LogP contribution in [0.5, 0.6) is 0 Å². The number of rotatable bonds is 4. The Morgan fingerprint density at radius 2 is 2.21 bits per heavy atom. The summed E-state index contributed by atoms with van der Waals surface area (Å²) >= 11 is 0. The van der Waals surface area contributed by atoms with Crippen molar-refractivity contribution in [2.75, 3.05) is 26.2 Å². The maximum atomic E-state index is 11.7.